The summed E-state index contributed by atoms with van der Waals surface area (Å²) in [6.45, 7) is 0. The number of nitrogen functional groups attached to an aromatic ring is 2. The highest BCUT2D eigenvalue weighted by atomic mass is 19.1. The lowest BCUT2D eigenvalue weighted by atomic mass is 10.1. The monoisotopic (exact) mass is 234 g/mol. The molecule has 17 heavy (non-hydrogen) atoms. The first kappa shape index (κ1) is 11.1. The number of hydrogen-bond donors (Lipinski definition) is 2. The first-order chi connectivity index (χ1) is 8.11. The van der Waals surface area contributed by atoms with Crippen LogP contribution in [-0.4, -0.2) is 17.1 Å². The van der Waals surface area contributed by atoms with Gasteiger partial charge < -0.3 is 16.2 Å². The summed E-state index contributed by atoms with van der Waals surface area (Å²) in [7, 11) is 1.48. The average Bonchev–Trinajstić information content (AvgIpc) is 2.32. The second-order valence-corrected chi connectivity index (χ2v) is 3.38. The zero-order valence-electron chi connectivity index (χ0n) is 9.14. The molecule has 0 spiro atoms. The molecule has 0 radical (unpaired) electrons. The number of nitrogens with two attached hydrogens (primary N) is 2. The topological polar surface area (TPSA) is 87.0 Å². The third kappa shape index (κ3) is 2.10. The maximum atomic E-state index is 13.2. The van der Waals surface area contributed by atoms with E-state index in [1.807, 2.05) is 0 Å². The second-order valence-electron chi connectivity index (χ2n) is 3.38. The van der Waals surface area contributed by atoms with Crippen molar-refractivity contribution < 1.29 is 9.13 Å². The molecule has 1 aromatic carbocycles. The van der Waals surface area contributed by atoms with Gasteiger partial charge in [-0.15, -0.1) is 0 Å². The Morgan fingerprint density at radius 2 is 2.06 bits per heavy atom. The fraction of sp³-hybridized carbons (Fsp3) is 0.0909. The molecule has 6 heteroatoms. The van der Waals surface area contributed by atoms with Crippen molar-refractivity contribution in [1.29, 1.82) is 0 Å². The minimum Gasteiger partial charge on any atom is -0.496 e. The molecule has 0 aliphatic carbocycles. The SMILES string of the molecule is COc1ccc(F)cc1-c1nc(N)ncc1N. The van der Waals surface area contributed by atoms with E-state index in [0.29, 0.717) is 22.7 Å². The number of rotatable bonds is 2. The highest BCUT2D eigenvalue weighted by molar-refractivity contribution is 5.77. The number of halogens is 1. The smallest absolute Gasteiger partial charge is 0.220 e. The number of methoxy groups -OCH3 is 1. The van der Waals surface area contributed by atoms with Crippen molar-refractivity contribution in [3.05, 3.63) is 30.2 Å². The van der Waals surface area contributed by atoms with E-state index < -0.39 is 5.82 Å². The molecule has 5 nitrogen and oxygen atoms in total. The van der Waals surface area contributed by atoms with E-state index in [2.05, 4.69) is 9.97 Å². The van der Waals surface area contributed by atoms with Crippen LogP contribution in [0.1, 0.15) is 0 Å². The van der Waals surface area contributed by atoms with Crippen LogP contribution in [0.4, 0.5) is 16.0 Å². The average molecular weight is 234 g/mol. The lowest BCUT2D eigenvalue weighted by Crippen LogP contribution is -2.01. The summed E-state index contributed by atoms with van der Waals surface area (Å²) in [5.41, 5.74) is 12.3. The summed E-state index contributed by atoms with van der Waals surface area (Å²) < 4.78 is 18.4. The Bertz CT molecular complexity index is 559. The maximum Gasteiger partial charge on any atom is 0.220 e. The Hall–Kier alpha value is -2.37. The van der Waals surface area contributed by atoms with Crippen LogP contribution < -0.4 is 16.2 Å². The van der Waals surface area contributed by atoms with Gasteiger partial charge in [0.25, 0.3) is 0 Å². The number of benzene rings is 1. The minimum atomic E-state index is -0.405. The normalized spacial score (nSPS) is 10.2. The van der Waals surface area contributed by atoms with Crippen molar-refractivity contribution in [2.75, 3.05) is 18.6 Å². The Labute approximate surface area is 97.3 Å². The summed E-state index contributed by atoms with van der Waals surface area (Å²) in [6.07, 6.45) is 1.38. The van der Waals surface area contributed by atoms with Crippen LogP contribution in [0.15, 0.2) is 24.4 Å². The van der Waals surface area contributed by atoms with Gasteiger partial charge in [0.15, 0.2) is 0 Å². The molecule has 2 aromatic rings. The Balaban J connectivity index is 2.66. The molecule has 88 valence electrons. The zero-order chi connectivity index (χ0) is 12.4. The van der Waals surface area contributed by atoms with E-state index in [4.69, 9.17) is 16.2 Å². The number of nitrogens with zero attached hydrogens (tertiary/aromatic N) is 2. The maximum absolute atomic E-state index is 13.2. The fourth-order valence-electron chi connectivity index (χ4n) is 1.49. The van der Waals surface area contributed by atoms with E-state index in [9.17, 15) is 4.39 Å². The largest absolute Gasteiger partial charge is 0.496 e. The molecule has 0 aliphatic rings. The summed E-state index contributed by atoms with van der Waals surface area (Å²) in [6, 6.07) is 4.09. The van der Waals surface area contributed by atoms with Crippen LogP contribution in [0, 0.1) is 5.82 Å². The molecule has 0 saturated carbocycles. The van der Waals surface area contributed by atoms with Crippen molar-refractivity contribution in [1.82, 2.24) is 9.97 Å². The molecular formula is C11H11FN4O. The third-order valence-corrected chi connectivity index (χ3v) is 2.25. The van der Waals surface area contributed by atoms with Crippen LogP contribution in [0.5, 0.6) is 5.75 Å². The van der Waals surface area contributed by atoms with Crippen molar-refractivity contribution >= 4 is 11.6 Å². The highest BCUT2D eigenvalue weighted by Crippen LogP contribution is 2.32. The van der Waals surface area contributed by atoms with Gasteiger partial charge in [0.2, 0.25) is 5.95 Å². The van der Waals surface area contributed by atoms with Crippen LogP contribution in [0.25, 0.3) is 11.3 Å². The van der Waals surface area contributed by atoms with Crippen LogP contribution >= 0.6 is 0 Å². The molecular weight excluding hydrogens is 223 g/mol. The van der Waals surface area contributed by atoms with E-state index in [0.717, 1.165) is 0 Å². The standard InChI is InChI=1S/C11H11FN4O/c1-17-9-3-2-6(12)4-7(9)10-8(13)5-15-11(14)16-10/h2-5H,13H2,1H3,(H2,14,15,16). The molecule has 0 aliphatic heterocycles. The molecule has 0 amide bonds. The van der Waals surface area contributed by atoms with E-state index in [1.54, 1.807) is 0 Å². The van der Waals surface area contributed by atoms with Gasteiger partial charge >= 0.3 is 0 Å². The first-order valence-corrected chi connectivity index (χ1v) is 4.83. The lowest BCUT2D eigenvalue weighted by molar-refractivity contribution is 0.415. The van der Waals surface area contributed by atoms with E-state index >= 15 is 0 Å². The van der Waals surface area contributed by atoms with E-state index in [1.165, 1.54) is 31.5 Å². The van der Waals surface area contributed by atoms with Gasteiger partial charge in [-0.05, 0) is 18.2 Å². The third-order valence-electron chi connectivity index (χ3n) is 2.25. The quantitative estimate of drug-likeness (QED) is 0.821. The Morgan fingerprint density at radius 3 is 2.76 bits per heavy atom. The molecule has 1 aromatic heterocycles. The molecule has 0 fully saturated rings. The summed E-state index contributed by atoms with van der Waals surface area (Å²) in [5, 5.41) is 0. The zero-order valence-corrected chi connectivity index (χ0v) is 9.14. The van der Waals surface area contributed by atoms with Gasteiger partial charge in [-0.1, -0.05) is 0 Å². The van der Waals surface area contributed by atoms with Crippen LogP contribution in [0.2, 0.25) is 0 Å². The minimum absolute atomic E-state index is 0.0699. The van der Waals surface area contributed by atoms with E-state index in [-0.39, 0.29) is 5.95 Å². The van der Waals surface area contributed by atoms with Gasteiger partial charge in [0.05, 0.1) is 19.0 Å². The molecule has 0 bridgehead atoms. The van der Waals surface area contributed by atoms with Gasteiger partial charge in [0.1, 0.15) is 17.3 Å². The Morgan fingerprint density at radius 1 is 1.29 bits per heavy atom. The van der Waals surface area contributed by atoms with Gasteiger partial charge in [0, 0.05) is 5.56 Å². The van der Waals surface area contributed by atoms with Gasteiger partial charge in [-0.3, -0.25) is 0 Å². The highest BCUT2D eigenvalue weighted by Gasteiger charge is 2.12. The van der Waals surface area contributed by atoms with Crippen molar-refractivity contribution in [2.45, 2.75) is 0 Å². The molecule has 0 unspecified atom stereocenters. The number of ether oxygens (including phenoxy) is 1. The van der Waals surface area contributed by atoms with Crippen LogP contribution in [-0.2, 0) is 0 Å². The fourth-order valence-corrected chi connectivity index (χ4v) is 1.49. The first-order valence-electron chi connectivity index (χ1n) is 4.83. The molecule has 0 saturated heterocycles. The number of hydrogen-bond acceptors (Lipinski definition) is 5. The van der Waals surface area contributed by atoms with Crippen molar-refractivity contribution in [3.63, 3.8) is 0 Å². The predicted molar refractivity (Wildman–Crippen MR) is 62.8 cm³/mol. The van der Waals surface area contributed by atoms with Crippen LogP contribution in [0.3, 0.4) is 0 Å². The summed E-state index contributed by atoms with van der Waals surface area (Å²) >= 11 is 0. The Kier molecular flexibility index (Phi) is 2.78. The molecule has 1 heterocycles. The summed E-state index contributed by atoms with van der Waals surface area (Å²) in [5.74, 6) is 0.133. The molecule has 0 atom stereocenters. The lowest BCUT2D eigenvalue weighted by Gasteiger charge is -2.10. The molecule has 4 N–H and O–H groups in total. The van der Waals surface area contributed by atoms with Gasteiger partial charge in [-0.2, -0.15) is 0 Å². The number of aromatic nitrogens is 2. The van der Waals surface area contributed by atoms with Crippen molar-refractivity contribution in [3.8, 4) is 17.0 Å². The second kappa shape index (κ2) is 4.25. The number of anilines is 2. The van der Waals surface area contributed by atoms with Gasteiger partial charge in [-0.25, -0.2) is 14.4 Å². The summed E-state index contributed by atoms with van der Waals surface area (Å²) in [4.78, 5) is 7.74. The van der Waals surface area contributed by atoms with Crippen molar-refractivity contribution in [2.24, 2.45) is 0 Å². The molecule has 2 rings (SSSR count). The predicted octanol–water partition coefficient (Wildman–Crippen LogP) is 1.46.